The van der Waals surface area contributed by atoms with E-state index in [1.807, 2.05) is 6.92 Å². The Kier molecular flexibility index (Phi) is 4.78. The van der Waals surface area contributed by atoms with E-state index < -0.39 is 10.0 Å². The maximum Gasteiger partial charge on any atom is 0.246 e. The van der Waals surface area contributed by atoms with Gasteiger partial charge in [0.25, 0.3) is 0 Å². The van der Waals surface area contributed by atoms with Gasteiger partial charge < -0.3 is 10.5 Å². The van der Waals surface area contributed by atoms with Crippen LogP contribution in [0, 0.1) is 12.8 Å². The molecular weight excluding hydrogens is 288 g/mol. The van der Waals surface area contributed by atoms with Crippen LogP contribution in [0.15, 0.2) is 17.0 Å². The summed E-state index contributed by atoms with van der Waals surface area (Å²) < 4.78 is 32.6. The number of anilines is 1. The lowest BCUT2D eigenvalue weighted by Crippen LogP contribution is -2.39. The van der Waals surface area contributed by atoms with E-state index in [9.17, 15) is 8.42 Å². The average molecular weight is 312 g/mol. The van der Waals surface area contributed by atoms with Gasteiger partial charge >= 0.3 is 0 Å². The summed E-state index contributed by atoms with van der Waals surface area (Å²) in [5, 5.41) is 0. The molecule has 118 valence electrons. The van der Waals surface area contributed by atoms with E-state index in [-0.39, 0.29) is 4.90 Å². The van der Waals surface area contributed by atoms with Crippen LogP contribution in [-0.4, -0.2) is 32.9 Å². The van der Waals surface area contributed by atoms with E-state index in [1.54, 1.807) is 10.4 Å². The number of rotatable bonds is 4. The molecule has 1 fully saturated rings. The number of hydrogen-bond acceptors (Lipinski definition) is 4. The molecule has 0 aliphatic carbocycles. The zero-order chi connectivity index (χ0) is 15.6. The largest absolute Gasteiger partial charge is 0.495 e. The number of sulfonamides is 1. The zero-order valence-corrected chi connectivity index (χ0v) is 13.7. The van der Waals surface area contributed by atoms with E-state index in [0.717, 1.165) is 24.8 Å². The smallest absolute Gasteiger partial charge is 0.246 e. The predicted octanol–water partition coefficient (Wildman–Crippen LogP) is 2.40. The van der Waals surface area contributed by atoms with Gasteiger partial charge in [-0.05, 0) is 43.4 Å². The summed E-state index contributed by atoms with van der Waals surface area (Å²) >= 11 is 0. The molecule has 6 heteroatoms. The highest BCUT2D eigenvalue weighted by Gasteiger charge is 2.32. The van der Waals surface area contributed by atoms with Crippen molar-refractivity contribution in [2.75, 3.05) is 25.9 Å². The van der Waals surface area contributed by atoms with Crippen molar-refractivity contribution in [2.24, 2.45) is 5.92 Å². The van der Waals surface area contributed by atoms with E-state index in [2.05, 4.69) is 6.92 Å². The van der Waals surface area contributed by atoms with Crippen LogP contribution in [0.4, 0.5) is 5.69 Å². The Bertz CT molecular complexity index is 614. The first-order chi connectivity index (χ1) is 9.90. The second-order valence-electron chi connectivity index (χ2n) is 5.64. The van der Waals surface area contributed by atoms with Crippen molar-refractivity contribution in [3.63, 3.8) is 0 Å². The fourth-order valence-electron chi connectivity index (χ4n) is 2.76. The van der Waals surface area contributed by atoms with E-state index in [4.69, 9.17) is 10.5 Å². The van der Waals surface area contributed by atoms with Gasteiger partial charge in [-0.1, -0.05) is 13.3 Å². The number of aryl methyl sites for hydroxylation is 1. The van der Waals surface area contributed by atoms with Gasteiger partial charge in [0.15, 0.2) is 0 Å². The molecule has 1 aromatic carbocycles. The molecular formula is C15H24N2O3S. The molecule has 0 spiro atoms. The third-order valence-corrected chi connectivity index (χ3v) is 6.12. The fraction of sp³-hybridized carbons (Fsp3) is 0.600. The van der Waals surface area contributed by atoms with Gasteiger partial charge in [-0.3, -0.25) is 0 Å². The SMILES string of the molecule is CCC1CCCN(S(=O)(=O)c2cc(N)c(C)cc2OC)C1. The number of ether oxygens (including phenoxy) is 1. The van der Waals surface area contributed by atoms with Crippen molar-refractivity contribution in [3.8, 4) is 5.75 Å². The lowest BCUT2D eigenvalue weighted by atomic mass is 9.97. The van der Waals surface area contributed by atoms with Gasteiger partial charge in [-0.2, -0.15) is 4.31 Å². The van der Waals surface area contributed by atoms with Crippen LogP contribution in [0.1, 0.15) is 31.7 Å². The summed E-state index contributed by atoms with van der Waals surface area (Å²) in [4.78, 5) is 0.171. The second-order valence-corrected chi connectivity index (χ2v) is 7.55. The minimum Gasteiger partial charge on any atom is -0.495 e. The number of benzene rings is 1. The Labute approximate surface area is 127 Å². The Morgan fingerprint density at radius 3 is 2.76 bits per heavy atom. The highest BCUT2D eigenvalue weighted by molar-refractivity contribution is 7.89. The first kappa shape index (κ1) is 16.1. The van der Waals surface area contributed by atoms with Crippen molar-refractivity contribution in [2.45, 2.75) is 38.0 Å². The molecule has 1 heterocycles. The molecule has 1 saturated heterocycles. The van der Waals surface area contributed by atoms with Crippen molar-refractivity contribution >= 4 is 15.7 Å². The molecule has 2 rings (SSSR count). The standard InChI is InChI=1S/C15H24N2O3S/c1-4-12-6-5-7-17(10-12)21(18,19)15-9-13(16)11(2)8-14(15)20-3/h8-9,12H,4-7,10,16H2,1-3H3. The van der Waals surface area contributed by atoms with E-state index >= 15 is 0 Å². The first-order valence-electron chi connectivity index (χ1n) is 7.34. The number of nitrogens with two attached hydrogens (primary N) is 1. The molecule has 1 atom stereocenters. The molecule has 1 unspecified atom stereocenters. The third kappa shape index (κ3) is 3.16. The van der Waals surface area contributed by atoms with Crippen LogP contribution in [0.5, 0.6) is 5.75 Å². The molecule has 1 aliphatic rings. The lowest BCUT2D eigenvalue weighted by molar-refractivity contribution is 0.260. The molecule has 1 aromatic rings. The number of nitrogen functional groups attached to an aromatic ring is 1. The molecule has 0 aromatic heterocycles. The predicted molar refractivity (Wildman–Crippen MR) is 83.9 cm³/mol. The van der Waals surface area contributed by atoms with E-state index in [1.165, 1.54) is 13.2 Å². The maximum absolute atomic E-state index is 12.9. The normalized spacial score (nSPS) is 20.4. The van der Waals surface area contributed by atoms with Crippen molar-refractivity contribution in [1.29, 1.82) is 0 Å². The summed E-state index contributed by atoms with van der Waals surface area (Å²) in [7, 11) is -2.08. The molecule has 0 bridgehead atoms. The first-order valence-corrected chi connectivity index (χ1v) is 8.78. The summed E-state index contributed by atoms with van der Waals surface area (Å²) in [6.07, 6.45) is 3.00. The van der Waals surface area contributed by atoms with Crippen molar-refractivity contribution in [1.82, 2.24) is 4.31 Å². The van der Waals surface area contributed by atoms with Crippen LogP contribution in [0.3, 0.4) is 0 Å². The number of nitrogens with zero attached hydrogens (tertiary/aromatic N) is 1. The summed E-state index contributed by atoms with van der Waals surface area (Å²) in [5.41, 5.74) is 7.17. The molecule has 21 heavy (non-hydrogen) atoms. The average Bonchev–Trinajstić information content (AvgIpc) is 2.49. The maximum atomic E-state index is 12.9. The van der Waals surface area contributed by atoms with E-state index in [0.29, 0.717) is 30.4 Å². The molecule has 1 aliphatic heterocycles. The van der Waals surface area contributed by atoms with Crippen LogP contribution < -0.4 is 10.5 Å². The Morgan fingerprint density at radius 1 is 1.43 bits per heavy atom. The quantitative estimate of drug-likeness (QED) is 0.867. The number of hydrogen-bond donors (Lipinski definition) is 1. The minimum absolute atomic E-state index is 0.171. The van der Waals surface area contributed by atoms with Crippen molar-refractivity contribution < 1.29 is 13.2 Å². The van der Waals surface area contributed by atoms with Gasteiger partial charge in [0.1, 0.15) is 10.6 Å². The highest BCUT2D eigenvalue weighted by atomic mass is 32.2. The second kappa shape index (κ2) is 6.23. The lowest BCUT2D eigenvalue weighted by Gasteiger charge is -2.31. The minimum atomic E-state index is -3.56. The third-order valence-electron chi connectivity index (χ3n) is 4.23. The summed E-state index contributed by atoms with van der Waals surface area (Å²) in [5.74, 6) is 0.794. The molecule has 0 saturated carbocycles. The van der Waals surface area contributed by atoms with Gasteiger partial charge in [0, 0.05) is 18.8 Å². The highest BCUT2D eigenvalue weighted by Crippen LogP contribution is 2.33. The van der Waals surface area contributed by atoms with Gasteiger partial charge in [0.05, 0.1) is 7.11 Å². The molecule has 5 nitrogen and oxygen atoms in total. The van der Waals surface area contributed by atoms with Gasteiger partial charge in [0.2, 0.25) is 10.0 Å². The van der Waals surface area contributed by atoms with Crippen LogP contribution in [0.2, 0.25) is 0 Å². The zero-order valence-electron chi connectivity index (χ0n) is 12.9. The van der Waals surface area contributed by atoms with Crippen LogP contribution in [-0.2, 0) is 10.0 Å². The van der Waals surface area contributed by atoms with Crippen molar-refractivity contribution in [3.05, 3.63) is 17.7 Å². The number of piperidine rings is 1. The molecule has 0 radical (unpaired) electrons. The van der Waals surface area contributed by atoms with Crippen LogP contribution in [0.25, 0.3) is 0 Å². The summed E-state index contributed by atoms with van der Waals surface area (Å²) in [6, 6.07) is 3.20. The monoisotopic (exact) mass is 312 g/mol. The van der Waals surface area contributed by atoms with Gasteiger partial charge in [-0.15, -0.1) is 0 Å². The summed E-state index contributed by atoms with van der Waals surface area (Å²) in [6.45, 7) is 5.08. The number of methoxy groups -OCH3 is 1. The molecule has 0 amide bonds. The Morgan fingerprint density at radius 2 is 2.14 bits per heavy atom. The Hall–Kier alpha value is -1.27. The van der Waals surface area contributed by atoms with Crippen LogP contribution >= 0.6 is 0 Å². The van der Waals surface area contributed by atoms with Gasteiger partial charge in [-0.25, -0.2) is 8.42 Å². The molecule has 2 N–H and O–H groups in total. The fourth-order valence-corrected chi connectivity index (χ4v) is 4.48. The topological polar surface area (TPSA) is 72.6 Å². The Balaban J connectivity index is 2.41.